The van der Waals surface area contributed by atoms with Crippen LogP contribution in [0.1, 0.15) is 43.9 Å². The van der Waals surface area contributed by atoms with E-state index in [1.165, 1.54) is 5.56 Å². The van der Waals surface area contributed by atoms with Crippen LogP contribution in [-0.2, 0) is 22.6 Å². The molecule has 1 atom stereocenters. The number of nitrogens with zero attached hydrogens (tertiary/aromatic N) is 1. The molecule has 0 aliphatic heterocycles. The van der Waals surface area contributed by atoms with E-state index in [-0.39, 0.29) is 18.4 Å². The lowest BCUT2D eigenvalue weighted by atomic mass is 10.1. The minimum atomic E-state index is -0.583. The zero-order valence-electron chi connectivity index (χ0n) is 17.9. The van der Waals surface area contributed by atoms with Gasteiger partial charge in [-0.15, -0.1) is 0 Å². The van der Waals surface area contributed by atoms with Gasteiger partial charge in [0.2, 0.25) is 5.91 Å². The van der Waals surface area contributed by atoms with E-state index in [0.717, 1.165) is 24.0 Å². The van der Waals surface area contributed by atoms with Gasteiger partial charge in [-0.2, -0.15) is 0 Å². The van der Waals surface area contributed by atoms with Crippen LogP contribution < -0.4 is 10.1 Å². The average Bonchev–Trinajstić information content (AvgIpc) is 2.74. The average molecular weight is 397 g/mol. The Labute approximate surface area is 174 Å². The van der Waals surface area contributed by atoms with Crippen molar-refractivity contribution < 1.29 is 14.3 Å². The van der Waals surface area contributed by atoms with Gasteiger partial charge in [-0.05, 0) is 49.9 Å². The van der Waals surface area contributed by atoms with Gasteiger partial charge in [0, 0.05) is 13.1 Å². The zero-order chi connectivity index (χ0) is 21.2. The fourth-order valence-electron chi connectivity index (χ4n) is 3.04. The lowest BCUT2D eigenvalue weighted by molar-refractivity contribution is -0.142. The van der Waals surface area contributed by atoms with Crippen molar-refractivity contribution in [1.29, 1.82) is 0 Å². The molecule has 5 nitrogen and oxygen atoms in total. The van der Waals surface area contributed by atoms with Crippen LogP contribution in [-0.4, -0.2) is 35.9 Å². The topological polar surface area (TPSA) is 58.6 Å². The van der Waals surface area contributed by atoms with Gasteiger partial charge in [0.25, 0.3) is 5.91 Å². The Kier molecular flexibility index (Phi) is 8.71. The quantitative estimate of drug-likeness (QED) is 0.663. The first-order valence-corrected chi connectivity index (χ1v) is 10.3. The molecule has 2 amide bonds. The van der Waals surface area contributed by atoms with Gasteiger partial charge < -0.3 is 15.0 Å². The van der Waals surface area contributed by atoms with Gasteiger partial charge in [-0.3, -0.25) is 9.59 Å². The number of aryl methyl sites for hydroxylation is 2. The number of carbonyl (C=O) groups excluding carboxylic acids is 2. The van der Waals surface area contributed by atoms with Gasteiger partial charge in [0.15, 0.2) is 6.61 Å². The Balaban J connectivity index is 2.11. The third-order valence-electron chi connectivity index (χ3n) is 4.85. The first-order chi connectivity index (χ1) is 13.9. The molecule has 0 spiro atoms. The highest BCUT2D eigenvalue weighted by Gasteiger charge is 2.26. The van der Waals surface area contributed by atoms with Crippen LogP contribution in [0.3, 0.4) is 0 Å². The molecule has 0 heterocycles. The summed E-state index contributed by atoms with van der Waals surface area (Å²) in [6.07, 6.45) is 1.80. The lowest BCUT2D eigenvalue weighted by Crippen LogP contribution is -2.49. The highest BCUT2D eigenvalue weighted by Crippen LogP contribution is 2.15. The van der Waals surface area contributed by atoms with Gasteiger partial charge in [0.1, 0.15) is 11.8 Å². The summed E-state index contributed by atoms with van der Waals surface area (Å²) in [5.41, 5.74) is 3.32. The van der Waals surface area contributed by atoms with Crippen molar-refractivity contribution in [2.75, 3.05) is 13.2 Å². The molecule has 156 valence electrons. The Morgan fingerprint density at radius 1 is 1.07 bits per heavy atom. The summed E-state index contributed by atoms with van der Waals surface area (Å²) in [5, 5.41) is 2.88. The SMILES string of the molecule is CCCNC(=O)C(C)N(Cc1cccc(C)c1)C(=O)COc1ccc(CC)cc1. The summed E-state index contributed by atoms with van der Waals surface area (Å²) in [4.78, 5) is 27.1. The summed E-state index contributed by atoms with van der Waals surface area (Å²) in [6.45, 7) is 8.70. The number of carbonyl (C=O) groups is 2. The third-order valence-corrected chi connectivity index (χ3v) is 4.85. The second kappa shape index (κ2) is 11.2. The van der Waals surface area contributed by atoms with E-state index in [9.17, 15) is 9.59 Å². The molecule has 0 aliphatic rings. The van der Waals surface area contributed by atoms with Gasteiger partial charge in [-0.25, -0.2) is 0 Å². The lowest BCUT2D eigenvalue weighted by Gasteiger charge is -2.29. The van der Waals surface area contributed by atoms with Crippen LogP contribution in [0.4, 0.5) is 0 Å². The molecule has 0 bridgehead atoms. The monoisotopic (exact) mass is 396 g/mol. The van der Waals surface area contributed by atoms with Gasteiger partial charge >= 0.3 is 0 Å². The van der Waals surface area contributed by atoms with Crippen molar-refractivity contribution in [2.45, 2.75) is 53.1 Å². The fraction of sp³-hybridized carbons (Fsp3) is 0.417. The highest BCUT2D eigenvalue weighted by molar-refractivity contribution is 5.87. The molecule has 0 saturated heterocycles. The molecule has 2 aromatic carbocycles. The van der Waals surface area contributed by atoms with Crippen molar-refractivity contribution in [1.82, 2.24) is 10.2 Å². The first kappa shape index (κ1) is 22.5. The van der Waals surface area contributed by atoms with Crippen molar-refractivity contribution >= 4 is 11.8 Å². The molecule has 5 heteroatoms. The number of hydrogen-bond acceptors (Lipinski definition) is 3. The summed E-state index contributed by atoms with van der Waals surface area (Å²) >= 11 is 0. The maximum Gasteiger partial charge on any atom is 0.261 e. The number of ether oxygens (including phenoxy) is 1. The van der Waals surface area contributed by atoms with Gasteiger partial charge in [-0.1, -0.05) is 55.8 Å². The minimum absolute atomic E-state index is 0.108. The minimum Gasteiger partial charge on any atom is -0.484 e. The fourth-order valence-corrected chi connectivity index (χ4v) is 3.04. The molecule has 0 radical (unpaired) electrons. The van der Waals surface area contributed by atoms with Crippen molar-refractivity contribution in [3.8, 4) is 5.75 Å². The maximum absolute atomic E-state index is 13.0. The van der Waals surface area contributed by atoms with Crippen LogP contribution in [0, 0.1) is 6.92 Å². The molecule has 1 unspecified atom stereocenters. The van der Waals surface area contributed by atoms with Crippen LogP contribution >= 0.6 is 0 Å². The summed E-state index contributed by atoms with van der Waals surface area (Å²) < 4.78 is 5.70. The largest absolute Gasteiger partial charge is 0.484 e. The highest BCUT2D eigenvalue weighted by atomic mass is 16.5. The molecule has 1 N–H and O–H groups in total. The number of amides is 2. The zero-order valence-corrected chi connectivity index (χ0v) is 17.9. The van der Waals surface area contributed by atoms with Crippen LogP contribution in [0.15, 0.2) is 48.5 Å². The third kappa shape index (κ3) is 6.93. The van der Waals surface area contributed by atoms with Crippen LogP contribution in [0.25, 0.3) is 0 Å². The van der Waals surface area contributed by atoms with Crippen molar-refractivity contribution in [3.63, 3.8) is 0 Å². The van der Waals surface area contributed by atoms with Crippen LogP contribution in [0.5, 0.6) is 5.75 Å². The smallest absolute Gasteiger partial charge is 0.261 e. The molecule has 0 fully saturated rings. The van der Waals surface area contributed by atoms with Crippen LogP contribution in [0.2, 0.25) is 0 Å². The second-order valence-corrected chi connectivity index (χ2v) is 7.26. The van der Waals surface area contributed by atoms with E-state index in [2.05, 4.69) is 12.2 Å². The standard InChI is InChI=1S/C24H32N2O3/c1-5-14-25-24(28)19(4)26(16-21-9-7-8-18(3)15-21)23(27)17-29-22-12-10-20(6-2)11-13-22/h7-13,15,19H,5-6,14,16-17H2,1-4H3,(H,25,28). The summed E-state index contributed by atoms with van der Waals surface area (Å²) in [5.74, 6) is 0.277. The summed E-state index contributed by atoms with van der Waals surface area (Å²) in [6, 6.07) is 15.1. The molecule has 2 rings (SSSR count). The predicted molar refractivity (Wildman–Crippen MR) is 116 cm³/mol. The van der Waals surface area contributed by atoms with E-state index in [1.807, 2.05) is 62.4 Å². The molecular formula is C24H32N2O3. The summed E-state index contributed by atoms with van der Waals surface area (Å²) in [7, 11) is 0. The van der Waals surface area contributed by atoms with E-state index in [4.69, 9.17) is 4.74 Å². The van der Waals surface area contributed by atoms with Crippen molar-refractivity contribution in [2.24, 2.45) is 0 Å². The Morgan fingerprint density at radius 3 is 2.41 bits per heavy atom. The number of nitrogens with one attached hydrogen (secondary N) is 1. The second-order valence-electron chi connectivity index (χ2n) is 7.26. The molecule has 2 aromatic rings. The molecule has 29 heavy (non-hydrogen) atoms. The Morgan fingerprint density at radius 2 is 1.79 bits per heavy atom. The molecule has 0 aromatic heterocycles. The maximum atomic E-state index is 13.0. The molecule has 0 aliphatic carbocycles. The molecular weight excluding hydrogens is 364 g/mol. The number of benzene rings is 2. The van der Waals surface area contributed by atoms with E-state index in [1.54, 1.807) is 11.8 Å². The van der Waals surface area contributed by atoms with E-state index in [0.29, 0.717) is 18.8 Å². The molecule has 0 saturated carbocycles. The van der Waals surface area contributed by atoms with E-state index >= 15 is 0 Å². The first-order valence-electron chi connectivity index (χ1n) is 10.3. The Bertz CT molecular complexity index is 802. The Hall–Kier alpha value is -2.82. The number of rotatable bonds is 10. The predicted octanol–water partition coefficient (Wildman–Crippen LogP) is 3.88. The van der Waals surface area contributed by atoms with Gasteiger partial charge in [0.05, 0.1) is 0 Å². The normalized spacial score (nSPS) is 11.6. The van der Waals surface area contributed by atoms with Crippen molar-refractivity contribution in [3.05, 3.63) is 65.2 Å². The number of hydrogen-bond donors (Lipinski definition) is 1. The van der Waals surface area contributed by atoms with E-state index < -0.39 is 6.04 Å².